The zero-order chi connectivity index (χ0) is 13.0. The third-order valence-electron chi connectivity index (χ3n) is 2.60. The van der Waals surface area contributed by atoms with Gasteiger partial charge in [-0.3, -0.25) is 9.48 Å². The average Bonchev–Trinajstić information content (AvgIpc) is 2.66. The van der Waals surface area contributed by atoms with Crippen LogP contribution in [0, 0.1) is 11.3 Å². The van der Waals surface area contributed by atoms with Gasteiger partial charge in [0.2, 0.25) is 0 Å². The molecule has 1 amide bonds. The number of carbonyl (C=O) groups excluding carboxylic acids is 1. The first-order valence-corrected chi connectivity index (χ1v) is 5.71. The molecule has 0 aliphatic rings. The molecule has 0 unspecified atom stereocenters. The molecule has 1 rings (SSSR count). The molecule has 1 aromatic rings. The predicted octanol–water partition coefficient (Wildman–Crippen LogP) is 1.36. The molecule has 0 atom stereocenters. The highest BCUT2D eigenvalue weighted by atomic mass is 16.2. The number of hydrogen-bond acceptors (Lipinski definition) is 3. The maximum Gasteiger partial charge on any atom is 0.258 e. The highest BCUT2D eigenvalue weighted by Crippen LogP contribution is 2.12. The molecule has 0 saturated carbocycles. The van der Waals surface area contributed by atoms with Crippen LogP contribution in [0.3, 0.4) is 0 Å². The number of rotatable bonds is 4. The molecule has 0 aromatic carbocycles. The van der Waals surface area contributed by atoms with Crippen LogP contribution in [-0.2, 0) is 13.5 Å². The summed E-state index contributed by atoms with van der Waals surface area (Å²) in [5.41, 5.74) is 1.38. The number of nitriles is 1. The minimum atomic E-state index is -0.119. The number of hydrogen-bond donors (Lipinski definition) is 0. The Bertz CT molecular complexity index is 442. The summed E-state index contributed by atoms with van der Waals surface area (Å²) in [7, 11) is 1.79. The summed E-state index contributed by atoms with van der Waals surface area (Å²) in [6.45, 7) is 5.87. The van der Waals surface area contributed by atoms with E-state index in [1.165, 1.54) is 0 Å². The maximum atomic E-state index is 12.3. The fourth-order valence-electron chi connectivity index (χ4n) is 1.69. The minimum absolute atomic E-state index is 0.00654. The van der Waals surface area contributed by atoms with E-state index in [2.05, 4.69) is 5.10 Å². The molecular formula is C12H18N4O. The Balaban J connectivity index is 3.05. The summed E-state index contributed by atoms with van der Waals surface area (Å²) < 4.78 is 1.64. The number of amides is 1. The van der Waals surface area contributed by atoms with Crippen LogP contribution in [0.4, 0.5) is 0 Å². The first-order chi connectivity index (χ1) is 8.01. The van der Waals surface area contributed by atoms with Gasteiger partial charge >= 0.3 is 0 Å². The van der Waals surface area contributed by atoms with E-state index in [1.54, 1.807) is 22.8 Å². The Morgan fingerprint density at radius 2 is 2.29 bits per heavy atom. The molecule has 17 heavy (non-hydrogen) atoms. The largest absolute Gasteiger partial charge is 0.323 e. The molecule has 0 aliphatic carbocycles. The first kappa shape index (κ1) is 13.2. The van der Waals surface area contributed by atoms with Gasteiger partial charge in [0.25, 0.3) is 5.91 Å². The summed E-state index contributed by atoms with van der Waals surface area (Å²) in [6, 6.07) is 2.03. The summed E-state index contributed by atoms with van der Waals surface area (Å²) in [5.74, 6) is -0.119. The molecule has 0 radical (unpaired) electrons. The highest BCUT2D eigenvalue weighted by Gasteiger charge is 2.22. The molecule has 5 heteroatoms. The van der Waals surface area contributed by atoms with Gasteiger partial charge in [-0.1, -0.05) is 6.92 Å². The lowest BCUT2D eigenvalue weighted by atomic mass is 10.1. The van der Waals surface area contributed by atoms with Crippen molar-refractivity contribution in [2.24, 2.45) is 7.05 Å². The van der Waals surface area contributed by atoms with Crippen LogP contribution in [-0.4, -0.2) is 33.2 Å². The smallest absolute Gasteiger partial charge is 0.258 e. The second kappa shape index (κ2) is 5.48. The van der Waals surface area contributed by atoms with Crippen molar-refractivity contribution < 1.29 is 4.79 Å². The van der Waals surface area contributed by atoms with Crippen molar-refractivity contribution in [3.8, 4) is 6.07 Å². The van der Waals surface area contributed by atoms with E-state index in [0.29, 0.717) is 12.0 Å². The molecule has 1 heterocycles. The summed E-state index contributed by atoms with van der Waals surface area (Å²) in [5, 5.41) is 13.0. The maximum absolute atomic E-state index is 12.3. The van der Waals surface area contributed by atoms with Crippen LogP contribution in [0.25, 0.3) is 0 Å². The van der Waals surface area contributed by atoms with E-state index in [0.717, 1.165) is 5.69 Å². The Hall–Kier alpha value is -1.83. The van der Waals surface area contributed by atoms with E-state index >= 15 is 0 Å². The summed E-state index contributed by atoms with van der Waals surface area (Å²) in [4.78, 5) is 13.8. The third-order valence-corrected chi connectivity index (χ3v) is 2.60. The topological polar surface area (TPSA) is 61.9 Å². The fourth-order valence-corrected chi connectivity index (χ4v) is 1.69. The van der Waals surface area contributed by atoms with Crippen LogP contribution in [0.1, 0.15) is 36.8 Å². The molecule has 92 valence electrons. The minimum Gasteiger partial charge on any atom is -0.323 e. The van der Waals surface area contributed by atoms with Crippen LogP contribution >= 0.6 is 0 Å². The van der Waals surface area contributed by atoms with Crippen molar-refractivity contribution in [3.05, 3.63) is 17.5 Å². The van der Waals surface area contributed by atoms with Crippen LogP contribution in [0.5, 0.6) is 0 Å². The van der Waals surface area contributed by atoms with Gasteiger partial charge < -0.3 is 4.90 Å². The first-order valence-electron chi connectivity index (χ1n) is 5.71. The quantitative estimate of drug-likeness (QED) is 0.739. The zero-order valence-corrected chi connectivity index (χ0v) is 10.8. The second-order valence-electron chi connectivity index (χ2n) is 4.20. The van der Waals surface area contributed by atoms with E-state index < -0.39 is 0 Å². The Morgan fingerprint density at radius 3 is 2.76 bits per heavy atom. The van der Waals surface area contributed by atoms with Gasteiger partial charge in [-0.2, -0.15) is 10.4 Å². The monoisotopic (exact) mass is 234 g/mol. The van der Waals surface area contributed by atoms with Crippen molar-refractivity contribution in [2.75, 3.05) is 6.54 Å². The number of carbonyl (C=O) groups is 1. The highest BCUT2D eigenvalue weighted by molar-refractivity contribution is 5.95. The van der Waals surface area contributed by atoms with Crippen molar-refractivity contribution in [2.45, 2.75) is 33.2 Å². The molecule has 5 nitrogen and oxygen atoms in total. The van der Waals surface area contributed by atoms with E-state index in [-0.39, 0.29) is 18.5 Å². The lowest BCUT2D eigenvalue weighted by molar-refractivity contribution is 0.0730. The lowest BCUT2D eigenvalue weighted by Gasteiger charge is -2.23. The van der Waals surface area contributed by atoms with Gasteiger partial charge in [0.15, 0.2) is 0 Å². The summed E-state index contributed by atoms with van der Waals surface area (Å²) in [6.07, 6.45) is 2.42. The van der Waals surface area contributed by atoms with E-state index in [1.807, 2.05) is 26.8 Å². The SMILES string of the molecule is CCc1nn(C)cc1C(=O)N(CC#N)C(C)C. The van der Waals surface area contributed by atoms with Crippen LogP contribution < -0.4 is 0 Å². The van der Waals surface area contributed by atoms with Gasteiger partial charge in [0.05, 0.1) is 17.3 Å². The third kappa shape index (κ3) is 2.84. The van der Waals surface area contributed by atoms with Gasteiger partial charge in [-0.05, 0) is 20.3 Å². The fraction of sp³-hybridized carbons (Fsp3) is 0.583. The van der Waals surface area contributed by atoms with Crippen molar-refractivity contribution in [3.63, 3.8) is 0 Å². The van der Waals surface area contributed by atoms with Crippen molar-refractivity contribution in [1.82, 2.24) is 14.7 Å². The molecule has 0 N–H and O–H groups in total. The van der Waals surface area contributed by atoms with Gasteiger partial charge in [0, 0.05) is 19.3 Å². The van der Waals surface area contributed by atoms with Crippen LogP contribution in [0.2, 0.25) is 0 Å². The van der Waals surface area contributed by atoms with Crippen LogP contribution in [0.15, 0.2) is 6.20 Å². The predicted molar refractivity (Wildman–Crippen MR) is 64.4 cm³/mol. The van der Waals surface area contributed by atoms with Crippen molar-refractivity contribution >= 4 is 5.91 Å². The molecule has 0 aliphatic heterocycles. The molecule has 0 fully saturated rings. The second-order valence-corrected chi connectivity index (χ2v) is 4.20. The standard InChI is InChI=1S/C12H18N4O/c1-5-11-10(8-15(4)14-11)12(17)16(7-6-13)9(2)3/h8-9H,5,7H2,1-4H3. The Morgan fingerprint density at radius 1 is 1.65 bits per heavy atom. The number of nitrogens with zero attached hydrogens (tertiary/aromatic N) is 4. The Labute approximate surface area is 102 Å². The molecule has 1 aromatic heterocycles. The normalized spacial score (nSPS) is 10.4. The van der Waals surface area contributed by atoms with E-state index in [4.69, 9.17) is 5.26 Å². The number of aryl methyl sites for hydroxylation is 2. The lowest BCUT2D eigenvalue weighted by Crippen LogP contribution is -2.37. The van der Waals surface area contributed by atoms with Gasteiger partial charge in [0.1, 0.15) is 6.54 Å². The molecule has 0 saturated heterocycles. The zero-order valence-electron chi connectivity index (χ0n) is 10.8. The molecule has 0 bridgehead atoms. The molecular weight excluding hydrogens is 216 g/mol. The number of aromatic nitrogens is 2. The van der Waals surface area contributed by atoms with Crippen molar-refractivity contribution in [1.29, 1.82) is 5.26 Å². The average molecular weight is 234 g/mol. The van der Waals surface area contributed by atoms with Gasteiger partial charge in [-0.15, -0.1) is 0 Å². The Kier molecular flexibility index (Phi) is 4.27. The summed E-state index contributed by atoms with van der Waals surface area (Å²) >= 11 is 0. The van der Waals surface area contributed by atoms with E-state index in [9.17, 15) is 4.79 Å². The molecule has 0 spiro atoms. The van der Waals surface area contributed by atoms with Gasteiger partial charge in [-0.25, -0.2) is 0 Å².